The van der Waals surface area contributed by atoms with E-state index in [4.69, 9.17) is 14.2 Å². The number of carbonyl (C=O) groups excluding carboxylic acids is 3. The molecule has 1 aromatic carbocycles. The van der Waals surface area contributed by atoms with Gasteiger partial charge in [-0.05, 0) is 63.1 Å². The van der Waals surface area contributed by atoms with Gasteiger partial charge in [-0.15, -0.1) is 11.8 Å². The first kappa shape index (κ1) is 38.5. The minimum absolute atomic E-state index is 0.00639. The van der Waals surface area contributed by atoms with E-state index in [1.54, 1.807) is 21.1 Å². The first-order valence-corrected chi connectivity index (χ1v) is 18.2. The molecular formula is C35H52N4O9S. The highest BCUT2D eigenvalue weighted by molar-refractivity contribution is 8.03. The molecule has 5 N–H and O–H groups in total. The Bertz CT molecular complexity index is 1360. The van der Waals surface area contributed by atoms with Gasteiger partial charge >= 0.3 is 5.97 Å². The van der Waals surface area contributed by atoms with Crippen LogP contribution in [0.2, 0.25) is 0 Å². The molecule has 0 spiro atoms. The van der Waals surface area contributed by atoms with Crippen LogP contribution in [0, 0.1) is 11.8 Å². The van der Waals surface area contributed by atoms with Gasteiger partial charge in [-0.25, -0.2) is 4.79 Å². The number of ether oxygens (including phenoxy) is 3. The Kier molecular flexibility index (Phi) is 14.6. The molecule has 272 valence electrons. The fourth-order valence-corrected chi connectivity index (χ4v) is 8.27. The molecule has 6 atom stereocenters. The van der Waals surface area contributed by atoms with Crippen LogP contribution in [0.1, 0.15) is 64.4 Å². The van der Waals surface area contributed by atoms with Gasteiger partial charge in [0.1, 0.15) is 5.70 Å². The second-order valence-corrected chi connectivity index (χ2v) is 14.3. The monoisotopic (exact) mass is 704 g/mol. The summed E-state index contributed by atoms with van der Waals surface area (Å²) in [6.45, 7) is 6.11. The van der Waals surface area contributed by atoms with Crippen LogP contribution in [0.4, 0.5) is 0 Å². The van der Waals surface area contributed by atoms with E-state index < -0.39 is 18.0 Å². The second-order valence-electron chi connectivity index (χ2n) is 12.9. The number of thioether (sulfide) groups is 1. The third-order valence-electron chi connectivity index (χ3n) is 9.41. The number of benzene rings is 1. The van der Waals surface area contributed by atoms with Crippen LogP contribution in [0.15, 0.2) is 28.8 Å². The van der Waals surface area contributed by atoms with Crippen molar-refractivity contribution < 1.29 is 43.6 Å². The first-order chi connectivity index (χ1) is 23.6. The van der Waals surface area contributed by atoms with E-state index in [2.05, 4.69) is 16.0 Å². The quantitative estimate of drug-likeness (QED) is 0.0939. The number of hydrogen-bond donors (Lipinski definition) is 5. The van der Waals surface area contributed by atoms with E-state index in [0.29, 0.717) is 50.6 Å². The highest BCUT2D eigenvalue weighted by Gasteiger charge is 2.60. The van der Waals surface area contributed by atoms with E-state index in [1.807, 2.05) is 25.1 Å². The Morgan fingerprint density at radius 3 is 2.53 bits per heavy atom. The molecule has 4 rings (SSSR count). The van der Waals surface area contributed by atoms with Crippen LogP contribution >= 0.6 is 11.8 Å². The molecule has 3 amide bonds. The van der Waals surface area contributed by atoms with Crippen molar-refractivity contribution in [3.8, 4) is 11.5 Å². The van der Waals surface area contributed by atoms with Gasteiger partial charge in [0.2, 0.25) is 17.7 Å². The summed E-state index contributed by atoms with van der Waals surface area (Å²) >= 11 is 1.42. The minimum Gasteiger partial charge on any atom is -0.493 e. The molecule has 0 aromatic heterocycles. The topological polar surface area (TPSA) is 176 Å². The van der Waals surface area contributed by atoms with Crippen molar-refractivity contribution in [1.29, 1.82) is 0 Å². The van der Waals surface area contributed by atoms with Gasteiger partial charge in [0.15, 0.2) is 11.5 Å². The van der Waals surface area contributed by atoms with Gasteiger partial charge in [0, 0.05) is 48.7 Å². The SMILES string of the molecule is COc1ccc(CCCCOCCNC(=O)CCCCCNC(=O)[C@@H]2C[C@H](SC3=C(C(=O)O)N4C(=O)[C@H]([C@@H](C)O)C4[C@H]3C)CN2)cc1OC. The Morgan fingerprint density at radius 1 is 1.04 bits per heavy atom. The predicted molar refractivity (Wildman–Crippen MR) is 185 cm³/mol. The Labute approximate surface area is 292 Å². The molecule has 49 heavy (non-hydrogen) atoms. The maximum atomic E-state index is 12.8. The predicted octanol–water partition coefficient (Wildman–Crippen LogP) is 2.45. The molecule has 14 heteroatoms. The summed E-state index contributed by atoms with van der Waals surface area (Å²) in [7, 11) is 3.25. The van der Waals surface area contributed by atoms with Crippen LogP contribution in [-0.4, -0.2) is 109 Å². The zero-order valence-corrected chi connectivity index (χ0v) is 29.8. The van der Waals surface area contributed by atoms with Gasteiger partial charge in [-0.2, -0.15) is 0 Å². The molecule has 0 bridgehead atoms. The molecule has 13 nitrogen and oxygen atoms in total. The third-order valence-corrected chi connectivity index (χ3v) is 10.9. The molecule has 2 fully saturated rings. The number of aliphatic hydroxyl groups is 1. The normalized spacial score (nSPS) is 23.6. The second kappa shape index (κ2) is 18.6. The number of fused-ring (bicyclic) bond motifs is 1. The van der Waals surface area contributed by atoms with E-state index in [-0.39, 0.29) is 46.7 Å². The van der Waals surface area contributed by atoms with Crippen LogP contribution in [0.5, 0.6) is 11.5 Å². The van der Waals surface area contributed by atoms with Crippen molar-refractivity contribution in [1.82, 2.24) is 20.9 Å². The molecule has 2 saturated heterocycles. The lowest BCUT2D eigenvalue weighted by Crippen LogP contribution is -2.63. The molecule has 1 aromatic rings. The Morgan fingerprint density at radius 2 is 1.82 bits per heavy atom. The van der Waals surface area contributed by atoms with Gasteiger partial charge in [0.25, 0.3) is 0 Å². The summed E-state index contributed by atoms with van der Waals surface area (Å²) in [5.41, 5.74) is 1.20. The number of β-lactam (4-membered cyclic amide) rings is 1. The van der Waals surface area contributed by atoms with Crippen LogP contribution in [0.3, 0.4) is 0 Å². The number of nitrogens with one attached hydrogen (secondary N) is 3. The molecule has 1 unspecified atom stereocenters. The number of unbranched alkanes of at least 4 members (excludes halogenated alkanes) is 3. The van der Waals surface area contributed by atoms with Crippen molar-refractivity contribution in [3.63, 3.8) is 0 Å². The largest absolute Gasteiger partial charge is 0.493 e. The summed E-state index contributed by atoms with van der Waals surface area (Å²) in [6, 6.07) is 5.22. The van der Waals surface area contributed by atoms with Gasteiger partial charge in [-0.1, -0.05) is 19.4 Å². The molecule has 0 saturated carbocycles. The zero-order chi connectivity index (χ0) is 35.5. The molecule has 3 aliphatic rings. The maximum absolute atomic E-state index is 12.8. The first-order valence-electron chi connectivity index (χ1n) is 17.3. The maximum Gasteiger partial charge on any atom is 0.353 e. The van der Waals surface area contributed by atoms with Crippen LogP contribution in [0.25, 0.3) is 0 Å². The van der Waals surface area contributed by atoms with Crippen LogP contribution in [-0.2, 0) is 30.3 Å². The molecule has 3 heterocycles. The lowest BCUT2D eigenvalue weighted by molar-refractivity contribution is -0.163. The number of carbonyl (C=O) groups is 4. The van der Waals surface area contributed by atoms with Crippen molar-refractivity contribution in [2.45, 2.75) is 88.7 Å². The van der Waals surface area contributed by atoms with Crippen molar-refractivity contribution in [3.05, 3.63) is 34.4 Å². The number of aliphatic hydroxyl groups excluding tert-OH is 1. The number of rotatable bonds is 21. The molecular weight excluding hydrogens is 652 g/mol. The number of nitrogens with zero attached hydrogens (tertiary/aromatic N) is 1. The van der Waals surface area contributed by atoms with E-state index >= 15 is 0 Å². The number of carboxylic acid groups (broad SMARTS) is 1. The Hall–Kier alpha value is -3.33. The number of carboxylic acids is 1. The van der Waals surface area contributed by atoms with E-state index in [0.717, 1.165) is 50.0 Å². The summed E-state index contributed by atoms with van der Waals surface area (Å²) in [5.74, 6) is -0.943. The standard InChI is InChI=1S/C35H52N4O9S/c1-21-30-29(22(2)40)34(43)39(30)31(35(44)45)32(21)49-24-19-25(38-20-24)33(42)37-14-8-5-6-11-28(41)36-15-17-48-16-9-7-10-23-12-13-26(46-3)27(18-23)47-4/h12-13,18,21-22,24-25,29-30,38,40H,5-11,14-17,19-20H2,1-4H3,(H,36,41)(H,37,42)(H,44,45)/t21-,22-,24+,25+,29-,30?/m1/s1. The van der Waals surface area contributed by atoms with Gasteiger partial charge < -0.3 is 45.3 Å². The summed E-state index contributed by atoms with van der Waals surface area (Å²) < 4.78 is 16.3. The highest BCUT2D eigenvalue weighted by Crippen LogP contribution is 2.51. The third kappa shape index (κ3) is 9.89. The lowest BCUT2D eigenvalue weighted by atomic mass is 9.79. The summed E-state index contributed by atoms with van der Waals surface area (Å²) in [5, 5.41) is 29.0. The van der Waals surface area contributed by atoms with Crippen molar-refractivity contribution in [2.24, 2.45) is 11.8 Å². The van der Waals surface area contributed by atoms with Crippen LogP contribution < -0.4 is 25.4 Å². The van der Waals surface area contributed by atoms with E-state index in [1.165, 1.54) is 22.2 Å². The fourth-order valence-electron chi connectivity index (χ4n) is 6.80. The summed E-state index contributed by atoms with van der Waals surface area (Å²) in [6.07, 6.45) is 5.27. The van der Waals surface area contributed by atoms with Gasteiger partial charge in [-0.3, -0.25) is 14.4 Å². The summed E-state index contributed by atoms with van der Waals surface area (Å²) in [4.78, 5) is 51.5. The molecule has 3 aliphatic heterocycles. The average molecular weight is 705 g/mol. The number of amides is 3. The van der Waals surface area contributed by atoms with Crippen molar-refractivity contribution >= 4 is 35.5 Å². The van der Waals surface area contributed by atoms with E-state index in [9.17, 15) is 29.4 Å². The molecule has 0 aliphatic carbocycles. The number of aryl methyl sites for hydroxylation is 1. The van der Waals surface area contributed by atoms with Crippen molar-refractivity contribution in [2.75, 3.05) is 47.1 Å². The highest BCUT2D eigenvalue weighted by atomic mass is 32.2. The Balaban J connectivity index is 1.01. The average Bonchev–Trinajstić information content (AvgIpc) is 3.64. The number of aliphatic carboxylic acids is 1. The smallest absolute Gasteiger partial charge is 0.353 e. The zero-order valence-electron chi connectivity index (χ0n) is 29.0. The van der Waals surface area contributed by atoms with Gasteiger partial charge in [0.05, 0.1) is 44.9 Å². The minimum atomic E-state index is -1.15. The number of hydrogen-bond acceptors (Lipinski definition) is 10. The number of methoxy groups -OCH3 is 2. The fraction of sp³-hybridized carbons (Fsp3) is 0.657. The molecule has 0 radical (unpaired) electrons. The lowest BCUT2D eigenvalue weighted by Gasteiger charge is -2.46.